The van der Waals surface area contributed by atoms with Gasteiger partial charge in [-0.2, -0.15) is 0 Å². The van der Waals surface area contributed by atoms with Gasteiger partial charge in [0.2, 0.25) is 0 Å². The summed E-state index contributed by atoms with van der Waals surface area (Å²) < 4.78 is 0. The molecular weight excluding hydrogens is 350 g/mol. The molecule has 0 atom stereocenters. The van der Waals surface area contributed by atoms with E-state index < -0.39 is 0 Å². The van der Waals surface area contributed by atoms with Gasteiger partial charge in [0.25, 0.3) is 0 Å². The molecule has 29 heavy (non-hydrogen) atoms. The van der Waals surface area contributed by atoms with E-state index >= 15 is 0 Å². The van der Waals surface area contributed by atoms with Gasteiger partial charge in [0.1, 0.15) is 0 Å². The van der Waals surface area contributed by atoms with Crippen LogP contribution in [-0.2, 0) is 6.42 Å². The van der Waals surface area contributed by atoms with E-state index in [0.717, 1.165) is 6.42 Å². The Morgan fingerprint density at radius 2 is 1.48 bits per heavy atom. The molecule has 0 unspecified atom stereocenters. The molecule has 0 saturated carbocycles. The molecule has 0 heterocycles. The van der Waals surface area contributed by atoms with Gasteiger partial charge < -0.3 is 5.73 Å². The number of nitrogens with two attached hydrogens (primary N) is 1. The molecule has 0 aliphatic carbocycles. The minimum atomic E-state index is 0.872. The molecule has 5 aromatic rings. The fraction of sp³-hybridized carbons (Fsp3) is 0.0714. The van der Waals surface area contributed by atoms with Crippen molar-refractivity contribution < 1.29 is 0 Å². The fourth-order valence-corrected chi connectivity index (χ4v) is 4.51. The molecule has 0 saturated heterocycles. The highest BCUT2D eigenvalue weighted by molar-refractivity contribution is 6.26. The SMILES string of the molecule is Cc1cc2ccc3c(C/C=C\C=C/N)cc(-c4ccccc4)c4ccc(c1)c2c34. The van der Waals surface area contributed by atoms with Crippen LogP contribution in [0.1, 0.15) is 11.1 Å². The first-order valence-corrected chi connectivity index (χ1v) is 10.1. The second-order valence-corrected chi connectivity index (χ2v) is 7.65. The van der Waals surface area contributed by atoms with Crippen molar-refractivity contribution in [2.45, 2.75) is 13.3 Å². The lowest BCUT2D eigenvalue weighted by molar-refractivity contribution is 1.30. The van der Waals surface area contributed by atoms with E-state index in [4.69, 9.17) is 5.73 Å². The number of rotatable bonds is 4. The second kappa shape index (κ2) is 7.10. The van der Waals surface area contributed by atoms with E-state index in [0.29, 0.717) is 0 Å². The Morgan fingerprint density at radius 1 is 0.759 bits per heavy atom. The quantitative estimate of drug-likeness (QED) is 0.263. The molecule has 0 radical (unpaired) electrons. The number of allylic oxidation sites excluding steroid dienone is 3. The van der Waals surface area contributed by atoms with Crippen molar-refractivity contribution in [3.05, 3.63) is 108 Å². The van der Waals surface area contributed by atoms with Gasteiger partial charge in [-0.1, -0.05) is 78.9 Å². The standard InChI is InChI=1S/C28H23N/c1-19-16-22-11-13-24-21(10-6-3-7-15-29)18-26(20-8-4-2-5-9-20)25-14-12-23(17-19)27(22)28(24)25/h2-9,11-18H,10,29H2,1H3/b6-3-,15-7-. The lowest BCUT2D eigenvalue weighted by Crippen LogP contribution is -1.93. The first-order chi connectivity index (χ1) is 14.3. The van der Waals surface area contributed by atoms with Crippen molar-refractivity contribution in [1.82, 2.24) is 0 Å². The molecule has 5 aromatic carbocycles. The number of aryl methyl sites for hydroxylation is 1. The maximum atomic E-state index is 5.48. The van der Waals surface area contributed by atoms with E-state index in [1.54, 1.807) is 6.20 Å². The first-order valence-electron chi connectivity index (χ1n) is 10.1. The Bertz CT molecular complexity index is 1360. The molecule has 1 nitrogen and oxygen atoms in total. The molecule has 0 aromatic heterocycles. The summed E-state index contributed by atoms with van der Waals surface area (Å²) in [5.74, 6) is 0. The summed E-state index contributed by atoms with van der Waals surface area (Å²) in [4.78, 5) is 0. The van der Waals surface area contributed by atoms with Gasteiger partial charge in [0.15, 0.2) is 0 Å². The van der Waals surface area contributed by atoms with Crippen molar-refractivity contribution in [3.63, 3.8) is 0 Å². The smallest absolute Gasteiger partial charge is 0.00177 e. The van der Waals surface area contributed by atoms with Crippen LogP contribution in [-0.4, -0.2) is 0 Å². The van der Waals surface area contributed by atoms with Crippen LogP contribution >= 0.6 is 0 Å². The van der Waals surface area contributed by atoms with E-state index in [2.05, 4.69) is 85.8 Å². The van der Waals surface area contributed by atoms with E-state index in [1.807, 2.05) is 12.2 Å². The molecule has 0 spiro atoms. The molecule has 0 amide bonds. The zero-order valence-corrected chi connectivity index (χ0v) is 16.5. The minimum absolute atomic E-state index is 0.872. The van der Waals surface area contributed by atoms with E-state index in [-0.39, 0.29) is 0 Å². The van der Waals surface area contributed by atoms with Crippen LogP contribution in [0, 0.1) is 6.92 Å². The van der Waals surface area contributed by atoms with Crippen LogP contribution in [0.2, 0.25) is 0 Å². The monoisotopic (exact) mass is 373 g/mol. The zero-order chi connectivity index (χ0) is 19.8. The Hall–Kier alpha value is -3.58. The molecule has 0 aliphatic rings. The lowest BCUT2D eigenvalue weighted by Gasteiger charge is -2.17. The van der Waals surface area contributed by atoms with Crippen LogP contribution in [0.15, 0.2) is 97.2 Å². The van der Waals surface area contributed by atoms with Gasteiger partial charge in [-0.3, -0.25) is 0 Å². The average molecular weight is 373 g/mol. The Morgan fingerprint density at radius 3 is 2.21 bits per heavy atom. The largest absolute Gasteiger partial charge is 0.405 e. The van der Waals surface area contributed by atoms with Crippen LogP contribution in [0.4, 0.5) is 0 Å². The summed E-state index contributed by atoms with van der Waals surface area (Å²) in [6.45, 7) is 2.17. The Balaban J connectivity index is 1.89. The molecule has 5 rings (SSSR count). The van der Waals surface area contributed by atoms with Gasteiger partial charge in [-0.15, -0.1) is 0 Å². The molecule has 2 N–H and O–H groups in total. The first kappa shape index (κ1) is 17.5. The van der Waals surface area contributed by atoms with Gasteiger partial charge in [-0.25, -0.2) is 0 Å². The molecule has 0 fully saturated rings. The fourth-order valence-electron chi connectivity index (χ4n) is 4.51. The third-order valence-electron chi connectivity index (χ3n) is 5.73. The second-order valence-electron chi connectivity index (χ2n) is 7.65. The van der Waals surface area contributed by atoms with Crippen molar-refractivity contribution in [2.75, 3.05) is 0 Å². The summed E-state index contributed by atoms with van der Waals surface area (Å²) >= 11 is 0. The van der Waals surface area contributed by atoms with Gasteiger partial charge >= 0.3 is 0 Å². The summed E-state index contributed by atoms with van der Waals surface area (Å²) in [7, 11) is 0. The highest BCUT2D eigenvalue weighted by atomic mass is 14.5. The third-order valence-corrected chi connectivity index (χ3v) is 5.73. The maximum absolute atomic E-state index is 5.48. The van der Waals surface area contributed by atoms with Crippen molar-refractivity contribution in [3.8, 4) is 11.1 Å². The molecule has 1 heteroatoms. The van der Waals surface area contributed by atoms with Crippen LogP contribution < -0.4 is 5.73 Å². The summed E-state index contributed by atoms with van der Waals surface area (Å²) in [6.07, 6.45) is 8.50. The number of benzene rings is 5. The maximum Gasteiger partial charge on any atom is -0.00177 e. The van der Waals surface area contributed by atoms with E-state index in [1.165, 1.54) is 54.6 Å². The lowest BCUT2D eigenvalue weighted by atomic mass is 9.86. The predicted molar refractivity (Wildman–Crippen MR) is 126 cm³/mol. The highest BCUT2D eigenvalue weighted by Gasteiger charge is 2.15. The van der Waals surface area contributed by atoms with Gasteiger partial charge in [0.05, 0.1) is 0 Å². The minimum Gasteiger partial charge on any atom is -0.405 e. The van der Waals surface area contributed by atoms with Gasteiger partial charge in [-0.05, 0) is 86.3 Å². The molecule has 0 aliphatic heterocycles. The van der Waals surface area contributed by atoms with Crippen LogP contribution in [0.5, 0.6) is 0 Å². The Kier molecular flexibility index (Phi) is 4.29. The van der Waals surface area contributed by atoms with Crippen molar-refractivity contribution >= 4 is 32.3 Å². The molecule has 140 valence electrons. The van der Waals surface area contributed by atoms with Crippen LogP contribution in [0.25, 0.3) is 43.4 Å². The topological polar surface area (TPSA) is 26.0 Å². The van der Waals surface area contributed by atoms with Crippen LogP contribution in [0.3, 0.4) is 0 Å². The summed E-state index contributed by atoms with van der Waals surface area (Å²) in [5, 5.41) is 8.03. The van der Waals surface area contributed by atoms with E-state index in [9.17, 15) is 0 Å². The predicted octanol–water partition coefficient (Wildman–Crippen LogP) is 7.13. The van der Waals surface area contributed by atoms with Crippen molar-refractivity contribution in [2.24, 2.45) is 5.73 Å². The number of hydrogen-bond acceptors (Lipinski definition) is 1. The summed E-state index contributed by atoms with van der Waals surface area (Å²) in [6, 6.07) is 26.8. The van der Waals surface area contributed by atoms with Gasteiger partial charge in [0, 0.05) is 0 Å². The van der Waals surface area contributed by atoms with Crippen molar-refractivity contribution in [1.29, 1.82) is 0 Å². The highest BCUT2D eigenvalue weighted by Crippen LogP contribution is 2.41. The third kappa shape index (κ3) is 2.96. The zero-order valence-electron chi connectivity index (χ0n) is 16.5. The number of hydrogen-bond donors (Lipinski definition) is 1. The molecular formula is C28H23N. The average Bonchev–Trinajstić information content (AvgIpc) is 2.75. The summed E-state index contributed by atoms with van der Waals surface area (Å²) in [5.41, 5.74) is 10.7. The normalized spacial score (nSPS) is 12.3. The molecule has 0 bridgehead atoms. The Labute approximate surface area is 171 Å².